The number of rotatable bonds is 4. The topological polar surface area (TPSA) is 100 Å². The second-order valence-electron chi connectivity index (χ2n) is 6.74. The van der Waals surface area contributed by atoms with Crippen LogP contribution in [0.15, 0.2) is 59.5 Å². The number of ether oxygens (including phenoxy) is 1. The number of nitrogens with zero attached hydrogens (tertiary/aromatic N) is 3. The number of carbonyl (C=O) groups excluding carboxylic acids is 1. The molecule has 4 aromatic rings. The summed E-state index contributed by atoms with van der Waals surface area (Å²) in [6.45, 7) is 0.184. The second kappa shape index (κ2) is 8.37. The summed E-state index contributed by atoms with van der Waals surface area (Å²) < 4.78 is 6.20. The Balaban J connectivity index is 1.91. The fraction of sp³-hybridized carbons (Fsp3) is 0.0909. The number of benzene rings is 2. The SMILES string of the molecule is COC(=O)c1ccc(Cn2c(=O)c(-c3c(Cl)cccc3Cl)cc3cnc(N)nc32)cc1. The van der Waals surface area contributed by atoms with Crippen LogP contribution < -0.4 is 11.3 Å². The summed E-state index contributed by atoms with van der Waals surface area (Å²) >= 11 is 12.7. The Kier molecular flexibility index (Phi) is 5.63. The van der Waals surface area contributed by atoms with Crippen LogP contribution in [0.4, 0.5) is 5.95 Å². The van der Waals surface area contributed by atoms with Gasteiger partial charge < -0.3 is 10.5 Å². The largest absolute Gasteiger partial charge is 0.465 e. The quantitative estimate of drug-likeness (QED) is 0.464. The highest BCUT2D eigenvalue weighted by atomic mass is 35.5. The third-order valence-corrected chi connectivity index (χ3v) is 5.42. The van der Waals surface area contributed by atoms with E-state index in [2.05, 4.69) is 9.97 Å². The lowest BCUT2D eigenvalue weighted by Gasteiger charge is -2.14. The van der Waals surface area contributed by atoms with E-state index in [9.17, 15) is 9.59 Å². The summed E-state index contributed by atoms with van der Waals surface area (Å²) in [6, 6.07) is 13.4. The fourth-order valence-corrected chi connectivity index (χ4v) is 3.90. The molecule has 156 valence electrons. The van der Waals surface area contributed by atoms with Crippen molar-refractivity contribution in [2.24, 2.45) is 0 Å². The smallest absolute Gasteiger partial charge is 0.337 e. The third-order valence-electron chi connectivity index (χ3n) is 4.79. The summed E-state index contributed by atoms with van der Waals surface area (Å²) in [4.78, 5) is 33.5. The van der Waals surface area contributed by atoms with Crippen molar-refractivity contribution in [2.75, 3.05) is 12.8 Å². The lowest BCUT2D eigenvalue weighted by Crippen LogP contribution is -2.24. The number of hydrogen-bond donors (Lipinski definition) is 1. The maximum Gasteiger partial charge on any atom is 0.337 e. The molecule has 0 aliphatic carbocycles. The monoisotopic (exact) mass is 454 g/mol. The molecule has 0 radical (unpaired) electrons. The minimum Gasteiger partial charge on any atom is -0.465 e. The normalized spacial score (nSPS) is 10.9. The molecule has 0 fully saturated rings. The van der Waals surface area contributed by atoms with Gasteiger partial charge in [-0.05, 0) is 35.9 Å². The number of esters is 1. The molecule has 2 heterocycles. The molecule has 0 saturated carbocycles. The Morgan fingerprint density at radius 3 is 2.45 bits per heavy atom. The minimum absolute atomic E-state index is 0.0465. The number of nitrogens with two attached hydrogens (primary N) is 1. The predicted molar refractivity (Wildman–Crippen MR) is 121 cm³/mol. The van der Waals surface area contributed by atoms with E-state index in [1.807, 2.05) is 0 Å². The fourth-order valence-electron chi connectivity index (χ4n) is 3.30. The summed E-state index contributed by atoms with van der Waals surface area (Å²) in [6.07, 6.45) is 1.54. The minimum atomic E-state index is -0.440. The molecule has 2 N–H and O–H groups in total. The summed E-state index contributed by atoms with van der Waals surface area (Å²) in [5, 5.41) is 1.31. The van der Waals surface area contributed by atoms with E-state index < -0.39 is 5.97 Å². The Labute approximate surface area is 187 Å². The van der Waals surface area contributed by atoms with Crippen LogP contribution in [-0.2, 0) is 11.3 Å². The zero-order valence-corrected chi connectivity index (χ0v) is 17.8. The van der Waals surface area contributed by atoms with Crippen molar-refractivity contribution in [1.29, 1.82) is 0 Å². The van der Waals surface area contributed by atoms with Gasteiger partial charge in [-0.15, -0.1) is 0 Å². The van der Waals surface area contributed by atoms with Gasteiger partial charge in [0.1, 0.15) is 5.65 Å². The van der Waals surface area contributed by atoms with Gasteiger partial charge in [0.05, 0.1) is 34.8 Å². The van der Waals surface area contributed by atoms with Gasteiger partial charge in [-0.25, -0.2) is 9.78 Å². The first-order valence-corrected chi connectivity index (χ1v) is 9.92. The molecule has 0 unspecified atom stereocenters. The molecule has 0 aliphatic rings. The molecule has 2 aromatic carbocycles. The molecule has 0 atom stereocenters. The molecule has 9 heteroatoms. The van der Waals surface area contributed by atoms with Crippen LogP contribution in [0.5, 0.6) is 0 Å². The van der Waals surface area contributed by atoms with E-state index in [1.165, 1.54) is 11.7 Å². The molecule has 0 aliphatic heterocycles. The zero-order valence-electron chi connectivity index (χ0n) is 16.3. The number of halogens is 2. The van der Waals surface area contributed by atoms with Crippen LogP contribution in [0.1, 0.15) is 15.9 Å². The number of hydrogen-bond acceptors (Lipinski definition) is 6. The molecule has 0 saturated heterocycles. The molecule has 0 amide bonds. The van der Waals surface area contributed by atoms with Crippen LogP contribution in [0, 0.1) is 0 Å². The number of pyridine rings is 1. The Morgan fingerprint density at radius 1 is 1.13 bits per heavy atom. The lowest BCUT2D eigenvalue weighted by molar-refractivity contribution is 0.0600. The van der Waals surface area contributed by atoms with Gasteiger partial charge in [0, 0.05) is 17.1 Å². The van der Waals surface area contributed by atoms with E-state index >= 15 is 0 Å². The van der Waals surface area contributed by atoms with Crippen molar-refractivity contribution in [2.45, 2.75) is 6.54 Å². The van der Waals surface area contributed by atoms with Gasteiger partial charge in [-0.3, -0.25) is 9.36 Å². The Bertz CT molecular complexity index is 1350. The van der Waals surface area contributed by atoms with Crippen molar-refractivity contribution >= 4 is 46.2 Å². The summed E-state index contributed by atoms with van der Waals surface area (Å²) in [5.74, 6) is -0.393. The highest BCUT2D eigenvalue weighted by Gasteiger charge is 2.18. The number of nitrogen functional groups attached to an aromatic ring is 1. The first kappa shape index (κ1) is 20.8. The summed E-state index contributed by atoms with van der Waals surface area (Å²) in [7, 11) is 1.32. The third kappa shape index (κ3) is 3.97. The van der Waals surface area contributed by atoms with Crippen LogP contribution in [-0.4, -0.2) is 27.6 Å². The number of methoxy groups -OCH3 is 1. The number of carbonyl (C=O) groups is 1. The molecule has 7 nitrogen and oxygen atoms in total. The molecule has 31 heavy (non-hydrogen) atoms. The van der Waals surface area contributed by atoms with Crippen LogP contribution >= 0.6 is 23.2 Å². The Hall–Kier alpha value is -3.42. The van der Waals surface area contributed by atoms with Crippen LogP contribution in [0.25, 0.3) is 22.2 Å². The van der Waals surface area contributed by atoms with Crippen LogP contribution in [0.3, 0.4) is 0 Å². The van der Waals surface area contributed by atoms with Gasteiger partial charge in [0.25, 0.3) is 5.56 Å². The van der Waals surface area contributed by atoms with E-state index in [0.29, 0.717) is 37.8 Å². The molecule has 0 spiro atoms. The number of fused-ring (bicyclic) bond motifs is 1. The lowest BCUT2D eigenvalue weighted by atomic mass is 10.1. The van der Waals surface area contributed by atoms with Crippen LogP contribution in [0.2, 0.25) is 10.0 Å². The second-order valence-corrected chi connectivity index (χ2v) is 7.56. The molecule has 4 rings (SSSR count). The van der Waals surface area contributed by atoms with Gasteiger partial charge in [0.15, 0.2) is 0 Å². The van der Waals surface area contributed by atoms with Crippen molar-refractivity contribution in [3.05, 3.63) is 86.3 Å². The molecular weight excluding hydrogens is 439 g/mol. The van der Waals surface area contributed by atoms with E-state index in [4.69, 9.17) is 33.7 Å². The highest BCUT2D eigenvalue weighted by Crippen LogP contribution is 2.33. The van der Waals surface area contributed by atoms with E-state index in [1.54, 1.807) is 54.7 Å². The van der Waals surface area contributed by atoms with Gasteiger partial charge in [-0.1, -0.05) is 41.4 Å². The molecule has 2 aromatic heterocycles. The average molecular weight is 455 g/mol. The maximum absolute atomic E-state index is 13.5. The average Bonchev–Trinajstić information content (AvgIpc) is 2.76. The van der Waals surface area contributed by atoms with Gasteiger partial charge >= 0.3 is 5.97 Å². The molecule has 0 bridgehead atoms. The van der Waals surface area contributed by atoms with Gasteiger partial charge in [0.2, 0.25) is 5.95 Å². The standard InChI is InChI=1S/C22H16Cl2N4O3/c1-31-21(30)13-7-5-12(6-8-13)11-28-19-14(10-26-22(25)27-19)9-15(20(28)29)18-16(23)3-2-4-17(18)24/h2-10H,11H2,1H3,(H2,25,26,27). The number of anilines is 1. The van der Waals surface area contributed by atoms with E-state index in [0.717, 1.165) is 5.56 Å². The maximum atomic E-state index is 13.5. The predicted octanol–water partition coefficient (Wildman–Crippen LogP) is 4.18. The van der Waals surface area contributed by atoms with Crippen molar-refractivity contribution < 1.29 is 9.53 Å². The van der Waals surface area contributed by atoms with Crippen molar-refractivity contribution in [1.82, 2.24) is 14.5 Å². The number of aromatic nitrogens is 3. The van der Waals surface area contributed by atoms with E-state index in [-0.39, 0.29) is 18.1 Å². The molecular formula is C22H16Cl2N4O3. The highest BCUT2D eigenvalue weighted by molar-refractivity contribution is 6.39. The Morgan fingerprint density at radius 2 is 1.81 bits per heavy atom. The van der Waals surface area contributed by atoms with Crippen molar-refractivity contribution in [3.63, 3.8) is 0 Å². The van der Waals surface area contributed by atoms with Crippen molar-refractivity contribution in [3.8, 4) is 11.1 Å². The summed E-state index contributed by atoms with van der Waals surface area (Å²) in [5.41, 5.74) is 7.75. The first-order chi connectivity index (χ1) is 14.9. The first-order valence-electron chi connectivity index (χ1n) is 9.16. The van der Waals surface area contributed by atoms with Gasteiger partial charge in [-0.2, -0.15) is 4.98 Å². The zero-order chi connectivity index (χ0) is 22.1.